The average molecular weight is 164 g/mol. The zero-order valence-corrected chi connectivity index (χ0v) is 7.20. The van der Waals surface area contributed by atoms with Gasteiger partial charge >= 0.3 is 0 Å². The van der Waals surface area contributed by atoms with Gasteiger partial charge in [0.15, 0.2) is 0 Å². The molecule has 0 aliphatic rings. The number of hydrogen-bond donors (Lipinski definition) is 0. The molecule has 0 saturated heterocycles. The molecule has 0 aromatic carbocycles. The van der Waals surface area contributed by atoms with E-state index in [4.69, 9.17) is 4.74 Å². The molecule has 1 aromatic rings. The Bertz CT molecular complexity index is 198. The SMILES string of the molecule is [CH2]CCCCOc1ccncc1. The van der Waals surface area contributed by atoms with Crippen molar-refractivity contribution < 1.29 is 4.74 Å². The molecule has 0 atom stereocenters. The Morgan fingerprint density at radius 2 is 2.00 bits per heavy atom. The molecule has 0 bridgehead atoms. The quantitative estimate of drug-likeness (QED) is 0.624. The first-order valence-electron chi connectivity index (χ1n) is 4.25. The lowest BCUT2D eigenvalue weighted by molar-refractivity contribution is 0.307. The molecule has 1 heterocycles. The molecule has 0 saturated carbocycles. The van der Waals surface area contributed by atoms with Crippen LogP contribution in [0.15, 0.2) is 24.5 Å². The van der Waals surface area contributed by atoms with Gasteiger partial charge in [-0.15, -0.1) is 0 Å². The van der Waals surface area contributed by atoms with Crippen LogP contribution in [0.2, 0.25) is 0 Å². The molecule has 1 radical (unpaired) electrons. The minimum atomic E-state index is 0.777. The van der Waals surface area contributed by atoms with Crippen LogP contribution in [0.5, 0.6) is 5.75 Å². The highest BCUT2D eigenvalue weighted by Gasteiger charge is 1.90. The molecule has 0 fully saturated rings. The van der Waals surface area contributed by atoms with Crippen molar-refractivity contribution in [2.45, 2.75) is 19.3 Å². The van der Waals surface area contributed by atoms with Crippen molar-refractivity contribution in [3.05, 3.63) is 31.5 Å². The van der Waals surface area contributed by atoms with Crippen LogP contribution in [0, 0.1) is 6.92 Å². The number of aromatic nitrogens is 1. The third kappa shape index (κ3) is 3.37. The summed E-state index contributed by atoms with van der Waals surface area (Å²) in [5, 5.41) is 0. The van der Waals surface area contributed by atoms with E-state index in [9.17, 15) is 0 Å². The van der Waals surface area contributed by atoms with Crippen molar-refractivity contribution in [2.75, 3.05) is 6.61 Å². The first-order chi connectivity index (χ1) is 5.93. The van der Waals surface area contributed by atoms with E-state index in [1.54, 1.807) is 12.4 Å². The van der Waals surface area contributed by atoms with Crippen LogP contribution >= 0.6 is 0 Å². The van der Waals surface area contributed by atoms with Crippen molar-refractivity contribution in [1.29, 1.82) is 0 Å². The standard InChI is InChI=1S/C10H14NO/c1-2-3-4-9-12-10-5-7-11-8-6-10/h5-8H,1-4,9H2. The molecule has 1 rings (SSSR count). The summed E-state index contributed by atoms with van der Waals surface area (Å²) < 4.78 is 5.44. The molecule has 0 N–H and O–H groups in total. The Kier molecular flexibility index (Phi) is 4.21. The van der Waals surface area contributed by atoms with Gasteiger partial charge in [-0.25, -0.2) is 0 Å². The van der Waals surface area contributed by atoms with E-state index in [2.05, 4.69) is 11.9 Å². The van der Waals surface area contributed by atoms with E-state index in [0.29, 0.717) is 0 Å². The van der Waals surface area contributed by atoms with E-state index in [1.807, 2.05) is 12.1 Å². The number of nitrogens with zero attached hydrogens (tertiary/aromatic N) is 1. The van der Waals surface area contributed by atoms with Crippen LogP contribution in [-0.4, -0.2) is 11.6 Å². The molecule has 65 valence electrons. The zero-order chi connectivity index (χ0) is 8.65. The predicted octanol–water partition coefficient (Wildman–Crippen LogP) is 2.46. The Balaban J connectivity index is 2.16. The Morgan fingerprint density at radius 1 is 1.25 bits per heavy atom. The molecule has 0 unspecified atom stereocenters. The second-order valence-corrected chi connectivity index (χ2v) is 2.59. The van der Waals surface area contributed by atoms with Crippen LogP contribution in [-0.2, 0) is 0 Å². The molecule has 0 aliphatic carbocycles. The van der Waals surface area contributed by atoms with Crippen molar-refractivity contribution in [3.8, 4) is 5.75 Å². The van der Waals surface area contributed by atoms with Gasteiger partial charge in [0.1, 0.15) is 5.75 Å². The second-order valence-electron chi connectivity index (χ2n) is 2.59. The van der Waals surface area contributed by atoms with Crippen molar-refractivity contribution in [1.82, 2.24) is 4.98 Å². The van der Waals surface area contributed by atoms with Gasteiger partial charge in [0.05, 0.1) is 6.61 Å². The highest BCUT2D eigenvalue weighted by Crippen LogP contribution is 2.07. The molecule has 0 amide bonds. The van der Waals surface area contributed by atoms with Crippen LogP contribution in [0.25, 0.3) is 0 Å². The largest absolute Gasteiger partial charge is 0.493 e. The molecular formula is C10H14NO. The summed E-state index contributed by atoms with van der Waals surface area (Å²) in [7, 11) is 0. The lowest BCUT2D eigenvalue weighted by atomic mass is 10.3. The van der Waals surface area contributed by atoms with Gasteiger partial charge < -0.3 is 4.74 Å². The van der Waals surface area contributed by atoms with Gasteiger partial charge in [-0.2, -0.15) is 0 Å². The van der Waals surface area contributed by atoms with E-state index < -0.39 is 0 Å². The highest BCUT2D eigenvalue weighted by atomic mass is 16.5. The minimum absolute atomic E-state index is 0.777. The van der Waals surface area contributed by atoms with E-state index in [-0.39, 0.29) is 0 Å². The number of unbranched alkanes of at least 4 members (excludes halogenated alkanes) is 2. The number of rotatable bonds is 5. The summed E-state index contributed by atoms with van der Waals surface area (Å²) in [6.45, 7) is 4.54. The number of ether oxygens (including phenoxy) is 1. The third-order valence-electron chi connectivity index (χ3n) is 1.56. The normalized spacial score (nSPS) is 9.75. The highest BCUT2D eigenvalue weighted by molar-refractivity contribution is 5.16. The number of pyridine rings is 1. The minimum Gasteiger partial charge on any atom is -0.493 e. The van der Waals surface area contributed by atoms with Crippen molar-refractivity contribution >= 4 is 0 Å². The van der Waals surface area contributed by atoms with Gasteiger partial charge in [0.2, 0.25) is 0 Å². The predicted molar refractivity (Wildman–Crippen MR) is 48.9 cm³/mol. The summed E-state index contributed by atoms with van der Waals surface area (Å²) in [5.74, 6) is 0.897. The smallest absolute Gasteiger partial charge is 0.122 e. The summed E-state index contributed by atoms with van der Waals surface area (Å²) in [5.41, 5.74) is 0. The molecular weight excluding hydrogens is 150 g/mol. The summed E-state index contributed by atoms with van der Waals surface area (Å²) in [6, 6.07) is 3.73. The molecule has 2 heteroatoms. The van der Waals surface area contributed by atoms with Gasteiger partial charge in [0.25, 0.3) is 0 Å². The van der Waals surface area contributed by atoms with Gasteiger partial charge in [0, 0.05) is 12.4 Å². The maximum atomic E-state index is 5.44. The summed E-state index contributed by atoms with van der Waals surface area (Å²) in [4.78, 5) is 3.90. The second kappa shape index (κ2) is 5.58. The van der Waals surface area contributed by atoms with Crippen LogP contribution in [0.1, 0.15) is 19.3 Å². The Hall–Kier alpha value is -1.05. The van der Waals surface area contributed by atoms with E-state index in [0.717, 1.165) is 31.6 Å². The molecule has 12 heavy (non-hydrogen) atoms. The molecule has 2 nitrogen and oxygen atoms in total. The molecule has 0 spiro atoms. The Morgan fingerprint density at radius 3 is 2.67 bits per heavy atom. The molecule has 1 aromatic heterocycles. The lowest BCUT2D eigenvalue weighted by Crippen LogP contribution is -1.96. The summed E-state index contributed by atoms with van der Waals surface area (Å²) >= 11 is 0. The van der Waals surface area contributed by atoms with Gasteiger partial charge in [-0.3, -0.25) is 4.98 Å². The maximum Gasteiger partial charge on any atom is 0.122 e. The fraction of sp³-hybridized carbons (Fsp3) is 0.400. The van der Waals surface area contributed by atoms with Crippen molar-refractivity contribution in [3.63, 3.8) is 0 Å². The third-order valence-corrected chi connectivity index (χ3v) is 1.56. The monoisotopic (exact) mass is 164 g/mol. The van der Waals surface area contributed by atoms with E-state index >= 15 is 0 Å². The van der Waals surface area contributed by atoms with Gasteiger partial charge in [-0.05, 0) is 18.6 Å². The lowest BCUT2D eigenvalue weighted by Gasteiger charge is -2.03. The van der Waals surface area contributed by atoms with Crippen LogP contribution in [0.4, 0.5) is 0 Å². The Labute approximate surface area is 73.6 Å². The average Bonchev–Trinajstić information content (AvgIpc) is 2.14. The number of hydrogen-bond acceptors (Lipinski definition) is 2. The zero-order valence-electron chi connectivity index (χ0n) is 7.20. The van der Waals surface area contributed by atoms with Crippen LogP contribution in [0.3, 0.4) is 0 Å². The van der Waals surface area contributed by atoms with Crippen molar-refractivity contribution in [2.24, 2.45) is 0 Å². The van der Waals surface area contributed by atoms with Gasteiger partial charge in [-0.1, -0.05) is 19.8 Å². The van der Waals surface area contributed by atoms with E-state index in [1.165, 1.54) is 0 Å². The first kappa shape index (κ1) is 9.04. The maximum absolute atomic E-state index is 5.44. The fourth-order valence-corrected chi connectivity index (χ4v) is 0.903. The van der Waals surface area contributed by atoms with Crippen LogP contribution < -0.4 is 4.74 Å². The first-order valence-corrected chi connectivity index (χ1v) is 4.25. The topological polar surface area (TPSA) is 22.1 Å². The fourth-order valence-electron chi connectivity index (χ4n) is 0.903. The summed E-state index contributed by atoms with van der Waals surface area (Å²) in [6.07, 6.45) is 6.66. The molecule has 0 aliphatic heterocycles.